The summed E-state index contributed by atoms with van der Waals surface area (Å²) in [7, 11) is 0. The van der Waals surface area contributed by atoms with Crippen LogP contribution in [0.3, 0.4) is 0 Å². The second-order valence-corrected chi connectivity index (χ2v) is 4.75. The Morgan fingerprint density at radius 1 is 1.30 bits per heavy atom. The third-order valence-electron chi connectivity index (χ3n) is 3.21. The van der Waals surface area contributed by atoms with Crippen molar-refractivity contribution in [1.82, 2.24) is 4.90 Å². The van der Waals surface area contributed by atoms with Crippen molar-refractivity contribution in [3.8, 4) is 5.75 Å². The number of phenols is 1. The molecule has 7 heteroatoms. The molecule has 1 saturated carbocycles. The fraction of sp³-hybridized carbons (Fsp3) is 0.385. The molecule has 2 rings (SSSR count). The van der Waals surface area contributed by atoms with Crippen molar-refractivity contribution in [2.75, 3.05) is 0 Å². The molecule has 1 aliphatic carbocycles. The third-order valence-corrected chi connectivity index (χ3v) is 3.21. The zero-order valence-electron chi connectivity index (χ0n) is 10.6. The molecule has 108 valence electrons. The highest BCUT2D eigenvalue weighted by atomic mass is 19.1. The summed E-state index contributed by atoms with van der Waals surface area (Å²) in [6.45, 7) is 1.34. The first-order valence-corrected chi connectivity index (χ1v) is 6.06. The Bertz CT molecular complexity index is 548. The monoisotopic (exact) mass is 285 g/mol. The number of aliphatic carboxylic acids is 1. The fourth-order valence-electron chi connectivity index (χ4n) is 1.97. The number of benzene rings is 1. The van der Waals surface area contributed by atoms with Gasteiger partial charge < -0.3 is 15.1 Å². The van der Waals surface area contributed by atoms with Gasteiger partial charge in [0, 0.05) is 11.6 Å². The molecule has 1 fully saturated rings. The molecule has 1 amide bonds. The number of phenolic OH excluding ortho intramolecular Hbond substituents is 1. The van der Waals surface area contributed by atoms with Gasteiger partial charge in [-0.25, -0.2) is 13.6 Å². The zero-order chi connectivity index (χ0) is 15.0. The van der Waals surface area contributed by atoms with Gasteiger partial charge in [-0.05, 0) is 31.9 Å². The average Bonchev–Trinajstić information content (AvgIpc) is 3.19. The Labute approximate surface area is 113 Å². The molecule has 1 atom stereocenters. The maximum Gasteiger partial charge on any atom is 0.326 e. The van der Waals surface area contributed by atoms with Gasteiger partial charge in [0.1, 0.15) is 6.04 Å². The van der Waals surface area contributed by atoms with Gasteiger partial charge in [0.15, 0.2) is 17.4 Å². The Hall–Kier alpha value is -2.18. The Morgan fingerprint density at radius 2 is 1.80 bits per heavy atom. The topological polar surface area (TPSA) is 77.8 Å². The normalized spacial score (nSPS) is 15.8. The van der Waals surface area contributed by atoms with Crippen molar-refractivity contribution >= 4 is 11.9 Å². The summed E-state index contributed by atoms with van der Waals surface area (Å²) < 4.78 is 26.5. The standard InChI is InChI=1S/C13H13F2NO4/c1-6(13(19)20)16(8-2-3-8)12(18)7-4-9(14)11(17)10(15)5-7/h4-6,8,17H,2-3H2,1H3,(H,19,20). The van der Waals surface area contributed by atoms with Crippen LogP contribution < -0.4 is 0 Å². The SMILES string of the molecule is CC(C(=O)O)N(C(=O)c1cc(F)c(O)c(F)c1)C1CC1. The first kappa shape index (κ1) is 14.2. The van der Waals surface area contributed by atoms with Crippen LogP contribution in [-0.2, 0) is 4.79 Å². The molecule has 0 spiro atoms. The van der Waals surface area contributed by atoms with Crippen molar-refractivity contribution in [3.63, 3.8) is 0 Å². The van der Waals surface area contributed by atoms with E-state index in [1.54, 1.807) is 0 Å². The first-order chi connectivity index (χ1) is 9.32. The van der Waals surface area contributed by atoms with Crippen LogP contribution in [-0.4, -0.2) is 39.1 Å². The molecule has 1 aliphatic rings. The molecule has 0 bridgehead atoms. The summed E-state index contributed by atoms with van der Waals surface area (Å²) in [6, 6.07) is 0.0820. The van der Waals surface area contributed by atoms with E-state index >= 15 is 0 Å². The molecule has 1 aromatic carbocycles. The second-order valence-electron chi connectivity index (χ2n) is 4.75. The zero-order valence-corrected chi connectivity index (χ0v) is 10.6. The van der Waals surface area contributed by atoms with E-state index in [1.165, 1.54) is 6.92 Å². The maximum absolute atomic E-state index is 13.3. The van der Waals surface area contributed by atoms with Crippen LogP contribution >= 0.6 is 0 Å². The van der Waals surface area contributed by atoms with Crippen LogP contribution in [0, 0.1) is 11.6 Å². The van der Waals surface area contributed by atoms with Crippen LogP contribution in [0.5, 0.6) is 5.75 Å². The smallest absolute Gasteiger partial charge is 0.326 e. The summed E-state index contributed by atoms with van der Waals surface area (Å²) in [6.07, 6.45) is 1.32. The van der Waals surface area contributed by atoms with E-state index in [-0.39, 0.29) is 11.6 Å². The van der Waals surface area contributed by atoms with Gasteiger partial charge in [0.2, 0.25) is 0 Å². The number of halogens is 2. The highest BCUT2D eigenvalue weighted by molar-refractivity contribution is 5.97. The number of carboxylic acid groups (broad SMARTS) is 1. The number of aromatic hydroxyl groups is 1. The van der Waals surface area contributed by atoms with E-state index in [2.05, 4.69) is 0 Å². The summed E-state index contributed by atoms with van der Waals surface area (Å²) in [5.41, 5.74) is -0.321. The predicted octanol–water partition coefficient (Wildman–Crippen LogP) is 1.75. The maximum atomic E-state index is 13.3. The minimum atomic E-state index is -1.26. The van der Waals surface area contributed by atoms with Crippen molar-refractivity contribution in [2.24, 2.45) is 0 Å². The van der Waals surface area contributed by atoms with Crippen molar-refractivity contribution in [1.29, 1.82) is 0 Å². The lowest BCUT2D eigenvalue weighted by Gasteiger charge is -2.26. The van der Waals surface area contributed by atoms with Gasteiger partial charge in [0.05, 0.1) is 0 Å². The summed E-state index contributed by atoms with van der Waals surface area (Å²) in [5.74, 6) is -5.63. The van der Waals surface area contributed by atoms with E-state index in [1.807, 2.05) is 0 Å². The summed E-state index contributed by atoms with van der Waals surface area (Å²) in [4.78, 5) is 24.4. The Kier molecular flexibility index (Phi) is 3.61. The Balaban J connectivity index is 2.35. The van der Waals surface area contributed by atoms with E-state index in [9.17, 15) is 18.4 Å². The first-order valence-electron chi connectivity index (χ1n) is 6.06. The Morgan fingerprint density at radius 3 is 2.20 bits per heavy atom. The van der Waals surface area contributed by atoms with Gasteiger partial charge in [-0.15, -0.1) is 0 Å². The molecule has 20 heavy (non-hydrogen) atoms. The number of carboxylic acids is 1. The van der Waals surface area contributed by atoms with E-state index in [0.717, 1.165) is 4.90 Å². The molecular weight excluding hydrogens is 272 g/mol. The quantitative estimate of drug-likeness (QED) is 0.883. The third kappa shape index (κ3) is 2.56. The lowest BCUT2D eigenvalue weighted by Crippen LogP contribution is -2.44. The van der Waals surface area contributed by atoms with Crippen LogP contribution in [0.15, 0.2) is 12.1 Å². The number of nitrogens with zero attached hydrogens (tertiary/aromatic N) is 1. The van der Waals surface area contributed by atoms with Crippen LogP contribution in [0.4, 0.5) is 8.78 Å². The molecule has 0 aromatic heterocycles. The second kappa shape index (κ2) is 5.07. The number of hydrogen-bond acceptors (Lipinski definition) is 3. The van der Waals surface area contributed by atoms with Gasteiger partial charge in [-0.3, -0.25) is 4.79 Å². The van der Waals surface area contributed by atoms with E-state index in [4.69, 9.17) is 10.2 Å². The lowest BCUT2D eigenvalue weighted by atomic mass is 10.1. The molecule has 0 aliphatic heterocycles. The molecule has 2 N–H and O–H groups in total. The molecule has 0 radical (unpaired) electrons. The number of hydrogen-bond donors (Lipinski definition) is 2. The largest absolute Gasteiger partial charge is 0.503 e. The molecule has 5 nitrogen and oxygen atoms in total. The molecule has 0 saturated heterocycles. The number of amides is 1. The van der Waals surface area contributed by atoms with Crippen molar-refractivity contribution in [2.45, 2.75) is 31.8 Å². The van der Waals surface area contributed by atoms with Gasteiger partial charge in [0.25, 0.3) is 5.91 Å². The van der Waals surface area contributed by atoms with Crippen molar-refractivity contribution < 1.29 is 28.6 Å². The average molecular weight is 285 g/mol. The predicted molar refractivity (Wildman–Crippen MR) is 64.3 cm³/mol. The highest BCUT2D eigenvalue weighted by Gasteiger charge is 2.39. The van der Waals surface area contributed by atoms with Gasteiger partial charge >= 0.3 is 5.97 Å². The summed E-state index contributed by atoms with van der Waals surface area (Å²) in [5, 5.41) is 18.0. The number of carbonyl (C=O) groups excluding carboxylic acids is 1. The van der Waals surface area contributed by atoms with Crippen LogP contribution in [0.25, 0.3) is 0 Å². The number of carbonyl (C=O) groups is 2. The summed E-state index contributed by atoms with van der Waals surface area (Å²) >= 11 is 0. The van der Waals surface area contributed by atoms with E-state index < -0.39 is 35.3 Å². The molecule has 1 unspecified atom stereocenters. The highest BCUT2D eigenvalue weighted by Crippen LogP contribution is 2.31. The van der Waals surface area contributed by atoms with E-state index in [0.29, 0.717) is 25.0 Å². The molecular formula is C13H13F2NO4. The fourth-order valence-corrected chi connectivity index (χ4v) is 1.97. The van der Waals surface area contributed by atoms with Crippen molar-refractivity contribution in [3.05, 3.63) is 29.3 Å². The van der Waals surface area contributed by atoms with Gasteiger partial charge in [-0.2, -0.15) is 0 Å². The minimum Gasteiger partial charge on any atom is -0.503 e. The van der Waals surface area contributed by atoms with Crippen LogP contribution in [0.2, 0.25) is 0 Å². The molecule has 0 heterocycles. The molecule has 1 aromatic rings. The lowest BCUT2D eigenvalue weighted by molar-refractivity contribution is -0.141. The number of rotatable bonds is 4. The minimum absolute atomic E-state index is 0.228. The van der Waals surface area contributed by atoms with Crippen LogP contribution in [0.1, 0.15) is 30.1 Å². The van der Waals surface area contributed by atoms with Gasteiger partial charge in [-0.1, -0.05) is 0 Å².